The standard InChI is InChI=1S/C15H12Cl3NO2/c16-11-3-1-2-9(4-11)15(21)19-8-14(20)10-5-12(17)7-13(18)6-10/h1-7,14,20H,8H2,(H,19,21). The van der Waals surface area contributed by atoms with E-state index in [1.54, 1.807) is 42.5 Å². The lowest BCUT2D eigenvalue weighted by atomic mass is 10.1. The fraction of sp³-hybridized carbons (Fsp3) is 0.133. The van der Waals surface area contributed by atoms with Gasteiger partial charge in [0.25, 0.3) is 5.91 Å². The monoisotopic (exact) mass is 343 g/mol. The van der Waals surface area contributed by atoms with Crippen LogP contribution in [0.1, 0.15) is 22.0 Å². The largest absolute Gasteiger partial charge is 0.387 e. The van der Waals surface area contributed by atoms with Crippen molar-refractivity contribution in [1.82, 2.24) is 5.32 Å². The van der Waals surface area contributed by atoms with Crippen molar-refractivity contribution in [3.05, 3.63) is 68.7 Å². The SMILES string of the molecule is O=C(NCC(O)c1cc(Cl)cc(Cl)c1)c1cccc(Cl)c1. The second-order valence-corrected chi connectivity index (χ2v) is 5.75. The van der Waals surface area contributed by atoms with Crippen LogP contribution in [0.15, 0.2) is 42.5 Å². The summed E-state index contributed by atoms with van der Waals surface area (Å²) in [5.41, 5.74) is 0.970. The van der Waals surface area contributed by atoms with Gasteiger partial charge in [0.15, 0.2) is 0 Å². The summed E-state index contributed by atoms with van der Waals surface area (Å²) in [5, 5.41) is 14.0. The van der Waals surface area contributed by atoms with Crippen LogP contribution in [0.25, 0.3) is 0 Å². The molecule has 0 saturated heterocycles. The predicted octanol–water partition coefficient (Wildman–Crippen LogP) is 4.11. The highest BCUT2D eigenvalue weighted by atomic mass is 35.5. The molecule has 1 atom stereocenters. The van der Waals surface area contributed by atoms with Gasteiger partial charge in [-0.15, -0.1) is 0 Å². The van der Waals surface area contributed by atoms with Crippen molar-refractivity contribution in [1.29, 1.82) is 0 Å². The van der Waals surface area contributed by atoms with Gasteiger partial charge in [-0.25, -0.2) is 0 Å². The number of aliphatic hydroxyl groups is 1. The molecule has 0 saturated carbocycles. The first-order chi connectivity index (χ1) is 9.95. The van der Waals surface area contributed by atoms with Crippen molar-refractivity contribution in [3.63, 3.8) is 0 Å². The minimum Gasteiger partial charge on any atom is -0.387 e. The zero-order chi connectivity index (χ0) is 15.4. The fourth-order valence-electron chi connectivity index (χ4n) is 1.81. The lowest BCUT2D eigenvalue weighted by Crippen LogP contribution is -2.28. The Hall–Kier alpha value is -1.26. The maximum absolute atomic E-state index is 11.9. The molecule has 2 aromatic rings. The minimum absolute atomic E-state index is 0.0437. The molecule has 21 heavy (non-hydrogen) atoms. The van der Waals surface area contributed by atoms with Gasteiger partial charge in [0.1, 0.15) is 0 Å². The molecule has 0 aliphatic heterocycles. The average molecular weight is 345 g/mol. The van der Waals surface area contributed by atoms with Gasteiger partial charge in [0.05, 0.1) is 6.10 Å². The van der Waals surface area contributed by atoms with Crippen molar-refractivity contribution in [3.8, 4) is 0 Å². The molecule has 0 aliphatic carbocycles. The summed E-state index contributed by atoms with van der Waals surface area (Å²) in [6, 6.07) is 11.3. The first-order valence-electron chi connectivity index (χ1n) is 6.13. The van der Waals surface area contributed by atoms with E-state index < -0.39 is 6.10 Å². The molecule has 2 N–H and O–H groups in total. The third-order valence-corrected chi connectivity index (χ3v) is 3.48. The van der Waals surface area contributed by atoms with Crippen molar-refractivity contribution in [2.75, 3.05) is 6.54 Å². The molecule has 110 valence electrons. The van der Waals surface area contributed by atoms with Crippen molar-refractivity contribution in [2.45, 2.75) is 6.10 Å². The Bertz CT molecular complexity index is 641. The molecule has 0 radical (unpaired) electrons. The van der Waals surface area contributed by atoms with E-state index in [0.29, 0.717) is 26.2 Å². The van der Waals surface area contributed by atoms with Crippen molar-refractivity contribution in [2.24, 2.45) is 0 Å². The van der Waals surface area contributed by atoms with Crippen LogP contribution in [0, 0.1) is 0 Å². The molecule has 0 spiro atoms. The summed E-state index contributed by atoms with van der Waals surface area (Å²) in [5.74, 6) is -0.315. The molecule has 6 heteroatoms. The van der Waals surface area contributed by atoms with Gasteiger partial charge in [-0.05, 0) is 42.0 Å². The lowest BCUT2D eigenvalue weighted by molar-refractivity contribution is 0.0916. The van der Waals surface area contributed by atoms with Gasteiger partial charge in [0, 0.05) is 27.2 Å². The molecule has 0 aromatic heterocycles. The zero-order valence-corrected chi connectivity index (χ0v) is 13.1. The van der Waals surface area contributed by atoms with Crippen LogP contribution < -0.4 is 5.32 Å². The first kappa shape index (κ1) is 16.1. The maximum atomic E-state index is 11.9. The summed E-state index contributed by atoms with van der Waals surface area (Å²) in [4.78, 5) is 11.9. The van der Waals surface area contributed by atoms with E-state index in [1.807, 2.05) is 0 Å². The summed E-state index contributed by atoms with van der Waals surface area (Å²) in [6.45, 7) is 0.0437. The second-order valence-electron chi connectivity index (χ2n) is 4.44. The predicted molar refractivity (Wildman–Crippen MR) is 85.2 cm³/mol. The third kappa shape index (κ3) is 4.61. The molecule has 0 fully saturated rings. The summed E-state index contributed by atoms with van der Waals surface area (Å²) >= 11 is 17.6. The van der Waals surface area contributed by atoms with E-state index >= 15 is 0 Å². The fourth-order valence-corrected chi connectivity index (χ4v) is 2.54. The minimum atomic E-state index is -0.899. The Morgan fingerprint density at radius 3 is 2.33 bits per heavy atom. The van der Waals surface area contributed by atoms with E-state index in [0.717, 1.165) is 0 Å². The molecule has 1 amide bonds. The number of rotatable bonds is 4. The van der Waals surface area contributed by atoms with Gasteiger partial charge in [-0.3, -0.25) is 4.79 Å². The Balaban J connectivity index is 2.00. The van der Waals surface area contributed by atoms with Gasteiger partial charge >= 0.3 is 0 Å². The van der Waals surface area contributed by atoms with Gasteiger partial charge < -0.3 is 10.4 Å². The second kappa shape index (κ2) is 7.14. The van der Waals surface area contributed by atoms with Crippen LogP contribution in [-0.2, 0) is 0 Å². The van der Waals surface area contributed by atoms with E-state index in [4.69, 9.17) is 34.8 Å². The van der Waals surface area contributed by atoms with E-state index in [2.05, 4.69) is 5.32 Å². The normalized spacial score (nSPS) is 12.0. The van der Waals surface area contributed by atoms with Gasteiger partial charge in [-0.2, -0.15) is 0 Å². The highest BCUT2D eigenvalue weighted by Gasteiger charge is 2.12. The summed E-state index contributed by atoms with van der Waals surface area (Å²) in [6.07, 6.45) is -0.899. The van der Waals surface area contributed by atoms with Crippen LogP contribution in [0.3, 0.4) is 0 Å². The first-order valence-corrected chi connectivity index (χ1v) is 7.27. The molecular formula is C15H12Cl3NO2. The molecule has 2 aromatic carbocycles. The molecular weight excluding hydrogens is 333 g/mol. The third-order valence-electron chi connectivity index (χ3n) is 2.81. The molecule has 0 aliphatic rings. The number of benzene rings is 2. The molecule has 0 heterocycles. The highest BCUT2D eigenvalue weighted by Crippen LogP contribution is 2.23. The van der Waals surface area contributed by atoms with Crippen LogP contribution in [0.5, 0.6) is 0 Å². The van der Waals surface area contributed by atoms with Crippen LogP contribution in [-0.4, -0.2) is 17.6 Å². The average Bonchev–Trinajstić information content (AvgIpc) is 2.43. The molecule has 0 bridgehead atoms. The quantitative estimate of drug-likeness (QED) is 0.877. The van der Waals surface area contributed by atoms with E-state index in [9.17, 15) is 9.90 Å². The highest BCUT2D eigenvalue weighted by molar-refractivity contribution is 6.34. The number of nitrogens with one attached hydrogen (secondary N) is 1. The number of hydrogen-bond acceptors (Lipinski definition) is 2. The number of hydrogen-bond donors (Lipinski definition) is 2. The Morgan fingerprint density at radius 1 is 1.05 bits per heavy atom. The topological polar surface area (TPSA) is 49.3 Å². The number of halogens is 3. The number of amides is 1. The van der Waals surface area contributed by atoms with Crippen molar-refractivity contribution < 1.29 is 9.90 Å². The van der Waals surface area contributed by atoms with E-state index in [1.165, 1.54) is 0 Å². The Labute approximate surface area is 137 Å². The summed E-state index contributed by atoms with van der Waals surface area (Å²) < 4.78 is 0. The van der Waals surface area contributed by atoms with Gasteiger partial charge in [-0.1, -0.05) is 40.9 Å². The Morgan fingerprint density at radius 2 is 1.71 bits per heavy atom. The van der Waals surface area contributed by atoms with E-state index in [-0.39, 0.29) is 12.5 Å². The van der Waals surface area contributed by atoms with Crippen LogP contribution in [0.2, 0.25) is 15.1 Å². The smallest absolute Gasteiger partial charge is 0.251 e. The van der Waals surface area contributed by atoms with Crippen LogP contribution >= 0.6 is 34.8 Å². The van der Waals surface area contributed by atoms with Crippen LogP contribution in [0.4, 0.5) is 0 Å². The Kier molecular flexibility index (Phi) is 5.48. The number of carbonyl (C=O) groups excluding carboxylic acids is 1. The lowest BCUT2D eigenvalue weighted by Gasteiger charge is -2.13. The maximum Gasteiger partial charge on any atom is 0.251 e. The number of carbonyl (C=O) groups is 1. The molecule has 2 rings (SSSR count). The molecule has 3 nitrogen and oxygen atoms in total. The van der Waals surface area contributed by atoms with Crippen molar-refractivity contribution >= 4 is 40.7 Å². The summed E-state index contributed by atoms with van der Waals surface area (Å²) in [7, 11) is 0. The zero-order valence-electron chi connectivity index (χ0n) is 10.8. The number of aliphatic hydroxyl groups excluding tert-OH is 1. The van der Waals surface area contributed by atoms with Gasteiger partial charge in [0.2, 0.25) is 0 Å². The molecule has 1 unspecified atom stereocenters.